The SMILES string of the molecule is O=S1(=O)c2ccccc2N=CN1Cc1ncccc1F. The molecular formula is C13H10FN3O2S. The lowest BCUT2D eigenvalue weighted by atomic mass is 10.3. The number of nitrogens with zero attached hydrogens (tertiary/aromatic N) is 3. The number of halogens is 1. The fourth-order valence-corrected chi connectivity index (χ4v) is 3.26. The summed E-state index contributed by atoms with van der Waals surface area (Å²) in [5.41, 5.74) is 0.437. The lowest BCUT2D eigenvalue weighted by Crippen LogP contribution is -2.32. The van der Waals surface area contributed by atoms with Crippen LogP contribution in [0.2, 0.25) is 0 Å². The third-order valence-electron chi connectivity index (χ3n) is 2.92. The molecule has 0 N–H and O–H groups in total. The second-order valence-corrected chi connectivity index (χ2v) is 6.05. The Balaban J connectivity index is 2.00. The molecule has 20 heavy (non-hydrogen) atoms. The van der Waals surface area contributed by atoms with Crippen LogP contribution in [0.3, 0.4) is 0 Å². The van der Waals surface area contributed by atoms with Crippen LogP contribution in [0.1, 0.15) is 5.69 Å². The van der Waals surface area contributed by atoms with E-state index in [1.165, 1.54) is 30.7 Å². The fourth-order valence-electron chi connectivity index (χ4n) is 1.91. The first-order chi connectivity index (χ1) is 9.59. The Morgan fingerprint density at radius 3 is 2.75 bits per heavy atom. The second kappa shape index (κ2) is 4.68. The highest BCUT2D eigenvalue weighted by molar-refractivity contribution is 7.89. The van der Waals surface area contributed by atoms with Crippen molar-refractivity contribution in [2.24, 2.45) is 4.99 Å². The number of sulfonamides is 1. The number of aromatic nitrogens is 1. The predicted molar refractivity (Wildman–Crippen MR) is 71.5 cm³/mol. The summed E-state index contributed by atoms with van der Waals surface area (Å²) in [6, 6.07) is 9.11. The zero-order valence-electron chi connectivity index (χ0n) is 10.3. The van der Waals surface area contributed by atoms with Crippen molar-refractivity contribution >= 4 is 22.0 Å². The molecule has 1 aliphatic rings. The lowest BCUT2D eigenvalue weighted by Gasteiger charge is -2.23. The molecule has 0 saturated heterocycles. The van der Waals surface area contributed by atoms with Crippen LogP contribution in [-0.2, 0) is 16.6 Å². The van der Waals surface area contributed by atoms with E-state index >= 15 is 0 Å². The van der Waals surface area contributed by atoms with Gasteiger partial charge in [-0.3, -0.25) is 4.98 Å². The van der Waals surface area contributed by atoms with Crippen LogP contribution < -0.4 is 0 Å². The maximum atomic E-state index is 13.6. The van der Waals surface area contributed by atoms with Crippen LogP contribution in [0, 0.1) is 5.82 Å². The van der Waals surface area contributed by atoms with E-state index in [0.717, 1.165) is 4.31 Å². The van der Waals surface area contributed by atoms with Crippen LogP contribution in [0.5, 0.6) is 0 Å². The fraction of sp³-hybridized carbons (Fsp3) is 0.0769. The van der Waals surface area contributed by atoms with E-state index in [2.05, 4.69) is 9.98 Å². The van der Waals surface area contributed by atoms with Gasteiger partial charge in [0.2, 0.25) is 0 Å². The molecule has 0 aliphatic carbocycles. The van der Waals surface area contributed by atoms with Gasteiger partial charge < -0.3 is 0 Å². The van der Waals surface area contributed by atoms with E-state index in [1.807, 2.05) is 0 Å². The molecule has 0 atom stereocenters. The van der Waals surface area contributed by atoms with Crippen LogP contribution in [0.25, 0.3) is 0 Å². The minimum absolute atomic E-state index is 0.0573. The minimum atomic E-state index is -3.72. The molecule has 0 bridgehead atoms. The van der Waals surface area contributed by atoms with Crippen LogP contribution in [0.4, 0.5) is 10.1 Å². The Hall–Kier alpha value is -2.28. The molecule has 1 aromatic heterocycles. The molecule has 102 valence electrons. The first kappa shape index (κ1) is 12.7. The van der Waals surface area contributed by atoms with Crippen molar-refractivity contribution in [1.82, 2.24) is 9.29 Å². The molecule has 2 aromatic rings. The zero-order chi connectivity index (χ0) is 14.2. The van der Waals surface area contributed by atoms with Gasteiger partial charge in [-0.15, -0.1) is 0 Å². The van der Waals surface area contributed by atoms with E-state index in [9.17, 15) is 12.8 Å². The average molecular weight is 291 g/mol. The van der Waals surface area contributed by atoms with Gasteiger partial charge in [-0.2, -0.15) is 0 Å². The summed E-state index contributed by atoms with van der Waals surface area (Å²) in [5.74, 6) is -0.546. The summed E-state index contributed by atoms with van der Waals surface area (Å²) < 4.78 is 39.4. The number of hydrogen-bond acceptors (Lipinski definition) is 4. The first-order valence-electron chi connectivity index (χ1n) is 5.83. The third kappa shape index (κ3) is 2.05. The molecule has 0 unspecified atom stereocenters. The highest BCUT2D eigenvalue weighted by atomic mass is 32.2. The molecule has 0 fully saturated rings. The number of benzene rings is 1. The van der Waals surface area contributed by atoms with Gasteiger partial charge in [0.15, 0.2) is 0 Å². The highest BCUT2D eigenvalue weighted by Crippen LogP contribution is 2.30. The Bertz CT molecular complexity index is 790. The first-order valence-corrected chi connectivity index (χ1v) is 7.27. The molecule has 5 nitrogen and oxygen atoms in total. The van der Waals surface area contributed by atoms with Crippen molar-refractivity contribution in [1.29, 1.82) is 0 Å². The quantitative estimate of drug-likeness (QED) is 0.851. The number of para-hydroxylation sites is 1. The van der Waals surface area contributed by atoms with Gasteiger partial charge in [0.05, 0.1) is 17.9 Å². The van der Waals surface area contributed by atoms with E-state index < -0.39 is 15.8 Å². The Kier molecular flexibility index (Phi) is 2.98. The largest absolute Gasteiger partial charge is 0.267 e. The van der Waals surface area contributed by atoms with Crippen molar-refractivity contribution in [3.63, 3.8) is 0 Å². The van der Waals surface area contributed by atoms with Crippen molar-refractivity contribution in [3.8, 4) is 0 Å². The molecule has 3 rings (SSSR count). The second-order valence-electron chi connectivity index (χ2n) is 4.19. The van der Waals surface area contributed by atoms with Gasteiger partial charge in [-0.25, -0.2) is 22.1 Å². The number of pyridine rings is 1. The monoisotopic (exact) mass is 291 g/mol. The van der Waals surface area contributed by atoms with Gasteiger partial charge in [0, 0.05) is 6.20 Å². The molecule has 1 aromatic carbocycles. The predicted octanol–water partition coefficient (Wildman–Crippen LogP) is 2.08. The average Bonchev–Trinajstić information content (AvgIpc) is 2.44. The lowest BCUT2D eigenvalue weighted by molar-refractivity contribution is 0.503. The minimum Gasteiger partial charge on any atom is -0.256 e. The zero-order valence-corrected chi connectivity index (χ0v) is 11.1. The molecule has 0 saturated carbocycles. The standard InChI is InChI=1S/C13H10FN3O2S/c14-10-4-3-7-15-12(10)8-17-9-16-11-5-1-2-6-13(11)20(17,18)19/h1-7,9H,8H2. The summed E-state index contributed by atoms with van der Waals surface area (Å²) in [7, 11) is -3.72. The molecule has 1 aliphatic heterocycles. The highest BCUT2D eigenvalue weighted by Gasteiger charge is 2.29. The van der Waals surface area contributed by atoms with Crippen molar-refractivity contribution in [2.75, 3.05) is 0 Å². The Morgan fingerprint density at radius 2 is 1.95 bits per heavy atom. The molecule has 2 heterocycles. The molecule has 0 radical (unpaired) electrons. The normalized spacial score (nSPS) is 15.9. The number of hydrogen-bond donors (Lipinski definition) is 0. The molecule has 0 amide bonds. The molecule has 0 spiro atoms. The Morgan fingerprint density at radius 1 is 1.15 bits per heavy atom. The van der Waals surface area contributed by atoms with Crippen LogP contribution in [0.15, 0.2) is 52.5 Å². The number of rotatable bonds is 2. The summed E-state index contributed by atoms with van der Waals surface area (Å²) >= 11 is 0. The molecular weight excluding hydrogens is 281 g/mol. The van der Waals surface area contributed by atoms with E-state index in [1.54, 1.807) is 18.2 Å². The van der Waals surface area contributed by atoms with Gasteiger partial charge in [-0.1, -0.05) is 12.1 Å². The number of aliphatic imine (C=N–C) groups is 1. The summed E-state index contributed by atoms with van der Waals surface area (Å²) in [6.07, 6.45) is 2.60. The van der Waals surface area contributed by atoms with Crippen molar-refractivity contribution in [3.05, 3.63) is 54.1 Å². The number of fused-ring (bicyclic) bond motifs is 1. The van der Waals surface area contributed by atoms with Crippen molar-refractivity contribution < 1.29 is 12.8 Å². The van der Waals surface area contributed by atoms with E-state index in [4.69, 9.17) is 0 Å². The van der Waals surface area contributed by atoms with Gasteiger partial charge in [-0.05, 0) is 24.3 Å². The summed E-state index contributed by atoms with van der Waals surface area (Å²) in [4.78, 5) is 8.03. The van der Waals surface area contributed by atoms with Gasteiger partial charge in [0.25, 0.3) is 10.0 Å². The summed E-state index contributed by atoms with van der Waals surface area (Å²) in [6.45, 7) is -0.188. The topological polar surface area (TPSA) is 62.6 Å². The smallest absolute Gasteiger partial charge is 0.256 e. The van der Waals surface area contributed by atoms with Crippen molar-refractivity contribution in [2.45, 2.75) is 11.4 Å². The Labute approximate surface area is 115 Å². The van der Waals surface area contributed by atoms with E-state index in [-0.39, 0.29) is 17.1 Å². The summed E-state index contributed by atoms with van der Waals surface area (Å²) in [5, 5.41) is 0. The molecule has 7 heteroatoms. The maximum absolute atomic E-state index is 13.6. The van der Waals surface area contributed by atoms with Gasteiger partial charge >= 0.3 is 0 Å². The maximum Gasteiger partial charge on any atom is 0.267 e. The van der Waals surface area contributed by atoms with Crippen LogP contribution in [-0.4, -0.2) is 24.0 Å². The van der Waals surface area contributed by atoms with Crippen LogP contribution >= 0.6 is 0 Å². The van der Waals surface area contributed by atoms with E-state index in [0.29, 0.717) is 5.69 Å². The third-order valence-corrected chi connectivity index (χ3v) is 4.66. The van der Waals surface area contributed by atoms with Gasteiger partial charge in [0.1, 0.15) is 17.1 Å².